The number of hydrogen-bond donors (Lipinski definition) is 1. The molecule has 1 atom stereocenters. The number of hydrogen-bond acceptors (Lipinski definition) is 7. The van der Waals surface area contributed by atoms with Gasteiger partial charge in [-0.15, -0.1) is 10.2 Å². The minimum Gasteiger partial charge on any atom is -0.448 e. The second-order valence-corrected chi connectivity index (χ2v) is 8.92. The van der Waals surface area contributed by atoms with E-state index in [1.807, 2.05) is 0 Å². The first kappa shape index (κ1) is 22.6. The molecule has 2 heterocycles. The summed E-state index contributed by atoms with van der Waals surface area (Å²) in [4.78, 5) is 38.8. The quantitative estimate of drug-likeness (QED) is 0.427. The number of nitrogens with zero attached hydrogens (tertiary/aromatic N) is 3. The van der Waals surface area contributed by atoms with Crippen LogP contribution < -0.4 is 10.9 Å². The first-order valence-electron chi connectivity index (χ1n) is 9.96. The number of fused-ring (bicyclic) bond motifs is 1. The second-order valence-electron chi connectivity index (χ2n) is 7.30. The van der Waals surface area contributed by atoms with Crippen molar-refractivity contribution in [1.29, 1.82) is 0 Å². The van der Waals surface area contributed by atoms with Gasteiger partial charge in [0.1, 0.15) is 10.7 Å². The van der Waals surface area contributed by atoms with Crippen molar-refractivity contribution in [2.24, 2.45) is 7.05 Å². The van der Waals surface area contributed by atoms with Gasteiger partial charge in [-0.05, 0) is 43.0 Å². The smallest absolute Gasteiger partial charge is 0.356 e. The molecule has 4 rings (SSSR count). The molecule has 10 heteroatoms. The number of benzene rings is 2. The molecule has 1 unspecified atom stereocenters. The van der Waals surface area contributed by atoms with Crippen LogP contribution in [-0.2, 0) is 16.6 Å². The molecule has 0 saturated carbocycles. The van der Waals surface area contributed by atoms with E-state index in [9.17, 15) is 14.4 Å². The predicted molar refractivity (Wildman–Crippen MR) is 128 cm³/mol. The van der Waals surface area contributed by atoms with Gasteiger partial charge in [-0.3, -0.25) is 14.9 Å². The zero-order valence-corrected chi connectivity index (χ0v) is 19.5. The Hall–Kier alpha value is -3.56. The summed E-state index contributed by atoms with van der Waals surface area (Å²) in [6, 6.07) is 13.9. The molecule has 1 N–H and O–H groups in total. The van der Waals surface area contributed by atoms with Crippen molar-refractivity contribution in [3.8, 4) is 11.1 Å². The maximum Gasteiger partial charge on any atom is 0.356 e. The minimum atomic E-state index is -1.14. The van der Waals surface area contributed by atoms with E-state index in [0.29, 0.717) is 37.1 Å². The topological polar surface area (TPSA) is 103 Å². The lowest BCUT2D eigenvalue weighted by atomic mass is 9.96. The van der Waals surface area contributed by atoms with Crippen molar-refractivity contribution in [3.63, 3.8) is 0 Å². The van der Waals surface area contributed by atoms with Crippen LogP contribution in [0.1, 0.15) is 22.4 Å². The third kappa shape index (κ3) is 4.50. The van der Waals surface area contributed by atoms with E-state index in [0.717, 1.165) is 0 Å². The summed E-state index contributed by atoms with van der Waals surface area (Å²) in [5.74, 6) is -1.36. The van der Waals surface area contributed by atoms with Crippen molar-refractivity contribution in [2.45, 2.75) is 20.0 Å². The van der Waals surface area contributed by atoms with E-state index in [-0.39, 0.29) is 11.3 Å². The zero-order chi connectivity index (χ0) is 23.7. The lowest BCUT2D eigenvalue weighted by Crippen LogP contribution is -2.32. The van der Waals surface area contributed by atoms with Gasteiger partial charge in [0.15, 0.2) is 6.10 Å². The highest BCUT2D eigenvalue weighted by atomic mass is 35.5. The van der Waals surface area contributed by atoms with Gasteiger partial charge in [0.25, 0.3) is 11.5 Å². The van der Waals surface area contributed by atoms with Crippen molar-refractivity contribution >= 4 is 50.7 Å². The fourth-order valence-electron chi connectivity index (χ4n) is 3.44. The molecule has 33 heavy (non-hydrogen) atoms. The highest BCUT2D eigenvalue weighted by Crippen LogP contribution is 2.32. The molecule has 0 aliphatic carbocycles. The van der Waals surface area contributed by atoms with E-state index in [4.69, 9.17) is 16.3 Å². The summed E-state index contributed by atoms with van der Waals surface area (Å²) in [7, 11) is 1.50. The Morgan fingerprint density at radius 2 is 1.76 bits per heavy atom. The number of halogens is 1. The number of ether oxygens (including phenoxy) is 1. The normalized spacial score (nSPS) is 11.9. The largest absolute Gasteiger partial charge is 0.448 e. The van der Waals surface area contributed by atoms with Gasteiger partial charge in [-0.1, -0.05) is 53.3 Å². The molecule has 0 spiro atoms. The van der Waals surface area contributed by atoms with E-state index in [1.165, 1.54) is 29.9 Å². The number of anilines is 1. The van der Waals surface area contributed by atoms with Crippen LogP contribution in [0.3, 0.4) is 0 Å². The van der Waals surface area contributed by atoms with Gasteiger partial charge < -0.3 is 9.30 Å². The molecule has 168 valence electrons. The number of aryl methyl sites for hydroxylation is 1. The maximum absolute atomic E-state index is 13.3. The molecular formula is C23H19ClN4O4S. The van der Waals surface area contributed by atoms with Gasteiger partial charge in [0.05, 0.1) is 0 Å². The first-order chi connectivity index (χ1) is 15.8. The lowest BCUT2D eigenvalue weighted by Gasteiger charge is -2.18. The van der Waals surface area contributed by atoms with Crippen LogP contribution in [0.25, 0.3) is 21.9 Å². The highest BCUT2D eigenvalue weighted by Gasteiger charge is 2.26. The molecule has 1 amide bonds. The zero-order valence-electron chi connectivity index (χ0n) is 18.0. The third-order valence-corrected chi connectivity index (χ3v) is 6.05. The first-order valence-corrected chi connectivity index (χ1v) is 11.2. The standard InChI is InChI=1S/C23H19ClN4O4S/c1-12(20(29)25-23-27-26-13(2)33-23)32-22(31)19-18(14-8-10-15(24)11-9-14)16-6-4-5-7-17(16)21(30)28(19)3/h4-12H,1-3H3,(H,25,27,29). The molecule has 0 aliphatic rings. The van der Waals surface area contributed by atoms with E-state index in [2.05, 4.69) is 15.5 Å². The van der Waals surface area contributed by atoms with Crippen LogP contribution in [0.2, 0.25) is 5.02 Å². The van der Waals surface area contributed by atoms with Gasteiger partial charge in [0, 0.05) is 23.0 Å². The molecular weight excluding hydrogens is 464 g/mol. The number of amides is 1. The SMILES string of the molecule is Cc1nnc(NC(=O)C(C)OC(=O)c2c(-c3ccc(Cl)cc3)c3ccccc3c(=O)n2C)s1. The molecule has 0 saturated heterocycles. The maximum atomic E-state index is 13.3. The number of aromatic nitrogens is 3. The summed E-state index contributed by atoms with van der Waals surface area (Å²) in [5, 5.41) is 12.8. The van der Waals surface area contributed by atoms with Gasteiger partial charge in [0.2, 0.25) is 5.13 Å². The van der Waals surface area contributed by atoms with Gasteiger partial charge >= 0.3 is 5.97 Å². The van der Waals surface area contributed by atoms with Gasteiger partial charge in [-0.2, -0.15) is 0 Å². The Labute approximate surface area is 197 Å². The highest BCUT2D eigenvalue weighted by molar-refractivity contribution is 7.15. The lowest BCUT2D eigenvalue weighted by molar-refractivity contribution is -0.123. The fraction of sp³-hybridized carbons (Fsp3) is 0.174. The van der Waals surface area contributed by atoms with Crippen LogP contribution in [0.5, 0.6) is 0 Å². The van der Waals surface area contributed by atoms with Crippen LogP contribution in [0, 0.1) is 6.92 Å². The van der Waals surface area contributed by atoms with E-state index >= 15 is 0 Å². The van der Waals surface area contributed by atoms with E-state index < -0.39 is 18.0 Å². The Balaban J connectivity index is 1.76. The number of nitrogens with one attached hydrogen (secondary N) is 1. The van der Waals surface area contributed by atoms with Crippen molar-refractivity contribution in [3.05, 3.63) is 74.6 Å². The monoisotopic (exact) mass is 482 g/mol. The molecule has 8 nitrogen and oxygen atoms in total. The Bertz CT molecular complexity index is 1430. The molecule has 0 aliphatic heterocycles. The number of carbonyl (C=O) groups excluding carboxylic acids is 2. The summed E-state index contributed by atoms with van der Waals surface area (Å²) in [5.41, 5.74) is 0.880. The Kier molecular flexibility index (Phi) is 6.26. The predicted octanol–water partition coefficient (Wildman–Crippen LogP) is 4.20. The molecule has 2 aromatic heterocycles. The van der Waals surface area contributed by atoms with E-state index in [1.54, 1.807) is 55.5 Å². The van der Waals surface area contributed by atoms with Crippen molar-refractivity contribution in [1.82, 2.24) is 14.8 Å². The summed E-state index contributed by atoms with van der Waals surface area (Å²) < 4.78 is 6.71. The molecule has 2 aromatic carbocycles. The van der Waals surface area contributed by atoms with Crippen LogP contribution in [-0.4, -0.2) is 32.7 Å². The minimum absolute atomic E-state index is 0.0347. The van der Waals surface area contributed by atoms with Crippen LogP contribution in [0.15, 0.2) is 53.3 Å². The van der Waals surface area contributed by atoms with Crippen molar-refractivity contribution in [2.75, 3.05) is 5.32 Å². The van der Waals surface area contributed by atoms with Crippen molar-refractivity contribution < 1.29 is 14.3 Å². The Morgan fingerprint density at radius 3 is 2.39 bits per heavy atom. The van der Waals surface area contributed by atoms with Gasteiger partial charge in [-0.25, -0.2) is 4.79 Å². The third-order valence-electron chi connectivity index (χ3n) is 5.04. The summed E-state index contributed by atoms with van der Waals surface area (Å²) in [6.07, 6.45) is -1.14. The fourth-order valence-corrected chi connectivity index (χ4v) is 4.16. The molecule has 4 aromatic rings. The van der Waals surface area contributed by atoms with Crippen LogP contribution >= 0.6 is 22.9 Å². The number of esters is 1. The summed E-state index contributed by atoms with van der Waals surface area (Å²) >= 11 is 7.25. The number of pyridine rings is 1. The second kappa shape index (κ2) is 9.13. The van der Waals surface area contributed by atoms with Crippen LogP contribution in [0.4, 0.5) is 5.13 Å². The average molecular weight is 483 g/mol. The average Bonchev–Trinajstić information content (AvgIpc) is 3.21. The number of rotatable bonds is 5. The summed E-state index contributed by atoms with van der Waals surface area (Å²) in [6.45, 7) is 3.21. The number of carbonyl (C=O) groups is 2. The Morgan fingerprint density at radius 1 is 1.09 bits per heavy atom. The molecule has 0 radical (unpaired) electrons. The molecule has 0 bridgehead atoms. The molecule has 0 fully saturated rings.